The number of ether oxygens (including phenoxy) is 1. The molecule has 0 bridgehead atoms. The standard InChI is InChI=1S/C21H23N3O7S/c1-12(2)18(21(29)31-3)23-19(28)17(22-14(25)11-13-7-5-4-6-8-13)20(23)32(30)24-15(26)9-10-16(24)27/h4-8,17-18,20H,1,9-11H2,2-3H3,(H,22,25). The second kappa shape index (κ2) is 9.53. The van der Waals surface area contributed by atoms with Gasteiger partial charge in [0.25, 0.3) is 17.7 Å². The van der Waals surface area contributed by atoms with Crippen LogP contribution in [0.15, 0.2) is 42.5 Å². The molecule has 2 heterocycles. The Balaban J connectivity index is 1.88. The van der Waals surface area contributed by atoms with E-state index in [-0.39, 0.29) is 24.8 Å². The molecule has 0 radical (unpaired) electrons. The average molecular weight is 461 g/mol. The maximum Gasteiger partial charge on any atom is 0.333 e. The lowest BCUT2D eigenvalue weighted by atomic mass is 9.99. The van der Waals surface area contributed by atoms with Crippen LogP contribution in [0, 0.1) is 0 Å². The third kappa shape index (κ3) is 4.39. The Morgan fingerprint density at radius 3 is 2.34 bits per heavy atom. The number of nitrogens with zero attached hydrogens (tertiary/aromatic N) is 2. The molecule has 3 rings (SSSR count). The molecule has 0 aliphatic carbocycles. The lowest BCUT2D eigenvalue weighted by Crippen LogP contribution is -2.77. The van der Waals surface area contributed by atoms with Crippen molar-refractivity contribution < 1.29 is 33.3 Å². The molecule has 0 spiro atoms. The van der Waals surface area contributed by atoms with Gasteiger partial charge in [-0.3, -0.25) is 24.1 Å². The molecular weight excluding hydrogens is 438 g/mol. The number of carbonyl (C=O) groups excluding carboxylic acids is 5. The van der Waals surface area contributed by atoms with Crippen LogP contribution in [0.3, 0.4) is 0 Å². The van der Waals surface area contributed by atoms with Crippen LogP contribution >= 0.6 is 0 Å². The molecule has 32 heavy (non-hydrogen) atoms. The highest BCUT2D eigenvalue weighted by Gasteiger charge is 2.63. The van der Waals surface area contributed by atoms with Crippen molar-refractivity contribution in [1.82, 2.24) is 14.5 Å². The van der Waals surface area contributed by atoms with Crippen molar-refractivity contribution >= 4 is 41.0 Å². The zero-order valence-corrected chi connectivity index (χ0v) is 18.4. The summed E-state index contributed by atoms with van der Waals surface area (Å²) < 4.78 is 18.6. The van der Waals surface area contributed by atoms with E-state index in [0.717, 1.165) is 12.0 Å². The first kappa shape index (κ1) is 23.5. The van der Waals surface area contributed by atoms with Crippen LogP contribution in [-0.4, -0.2) is 67.9 Å². The molecule has 1 aromatic rings. The van der Waals surface area contributed by atoms with Gasteiger partial charge in [-0.2, -0.15) is 0 Å². The molecular formula is C21H23N3O7S. The van der Waals surface area contributed by atoms with E-state index in [0.29, 0.717) is 9.87 Å². The van der Waals surface area contributed by atoms with Gasteiger partial charge in [-0.05, 0) is 18.1 Å². The maximum absolute atomic E-state index is 13.3. The van der Waals surface area contributed by atoms with Crippen molar-refractivity contribution in [3.8, 4) is 0 Å². The van der Waals surface area contributed by atoms with Crippen molar-refractivity contribution in [2.75, 3.05) is 7.11 Å². The summed E-state index contributed by atoms with van der Waals surface area (Å²) in [5.41, 5.74) is 0.936. The number of likely N-dealkylation sites (tertiary alicyclic amines) is 1. The highest BCUT2D eigenvalue weighted by molar-refractivity contribution is 7.91. The zero-order valence-electron chi connectivity index (χ0n) is 17.6. The number of carbonyl (C=O) groups is 5. The van der Waals surface area contributed by atoms with E-state index in [9.17, 15) is 28.5 Å². The van der Waals surface area contributed by atoms with E-state index >= 15 is 0 Å². The molecule has 4 unspecified atom stereocenters. The van der Waals surface area contributed by atoms with Gasteiger partial charge in [-0.15, -0.1) is 0 Å². The van der Waals surface area contributed by atoms with E-state index < -0.39 is 58.4 Å². The quantitative estimate of drug-likeness (QED) is 0.186. The number of methoxy groups -OCH3 is 1. The van der Waals surface area contributed by atoms with E-state index in [1.807, 2.05) is 0 Å². The lowest BCUT2D eigenvalue weighted by molar-refractivity contribution is -0.162. The molecule has 0 aromatic heterocycles. The molecule has 2 aliphatic heterocycles. The van der Waals surface area contributed by atoms with Crippen molar-refractivity contribution in [1.29, 1.82) is 0 Å². The van der Waals surface area contributed by atoms with Crippen LogP contribution < -0.4 is 5.32 Å². The first-order chi connectivity index (χ1) is 15.2. The lowest BCUT2D eigenvalue weighted by Gasteiger charge is -2.48. The fraction of sp³-hybridized carbons (Fsp3) is 0.381. The Bertz CT molecular complexity index is 951. The highest BCUT2D eigenvalue weighted by Crippen LogP contribution is 2.34. The average Bonchev–Trinajstić information content (AvgIpc) is 3.10. The second-order valence-corrected chi connectivity index (χ2v) is 8.87. The van der Waals surface area contributed by atoms with Gasteiger partial charge in [-0.1, -0.05) is 41.2 Å². The highest BCUT2D eigenvalue weighted by atomic mass is 32.2. The summed E-state index contributed by atoms with van der Waals surface area (Å²) in [6.45, 7) is 5.18. The van der Waals surface area contributed by atoms with Gasteiger partial charge in [-0.25, -0.2) is 4.79 Å². The van der Waals surface area contributed by atoms with Gasteiger partial charge in [0.15, 0.2) is 12.1 Å². The number of hydrogen-bond donors (Lipinski definition) is 1. The summed E-state index contributed by atoms with van der Waals surface area (Å²) in [5.74, 6) is -3.32. The largest absolute Gasteiger partial charge is 0.591 e. The minimum Gasteiger partial charge on any atom is -0.591 e. The molecule has 0 saturated carbocycles. The predicted octanol–water partition coefficient (Wildman–Crippen LogP) is -0.187. The van der Waals surface area contributed by atoms with Crippen molar-refractivity contribution in [2.24, 2.45) is 0 Å². The normalized spacial score (nSPS) is 22.3. The molecule has 10 nitrogen and oxygen atoms in total. The van der Waals surface area contributed by atoms with E-state index in [1.54, 1.807) is 30.3 Å². The Labute approximate surface area is 187 Å². The molecule has 11 heteroatoms. The number of nitrogens with one attached hydrogen (secondary N) is 1. The third-order valence-corrected chi connectivity index (χ3v) is 6.85. The fourth-order valence-electron chi connectivity index (χ4n) is 3.64. The van der Waals surface area contributed by atoms with E-state index in [2.05, 4.69) is 11.9 Å². The van der Waals surface area contributed by atoms with Crippen molar-refractivity contribution in [2.45, 2.75) is 43.6 Å². The summed E-state index contributed by atoms with van der Waals surface area (Å²) >= 11 is -2.34. The van der Waals surface area contributed by atoms with Gasteiger partial charge in [0.05, 0.1) is 13.5 Å². The summed E-state index contributed by atoms with van der Waals surface area (Å²) in [6.07, 6.45) is -0.235. The Hall–Kier alpha value is -3.18. The number of imide groups is 1. The van der Waals surface area contributed by atoms with Crippen molar-refractivity contribution in [3.63, 3.8) is 0 Å². The molecule has 2 aliphatic rings. The monoisotopic (exact) mass is 461 g/mol. The van der Waals surface area contributed by atoms with Crippen molar-refractivity contribution in [3.05, 3.63) is 48.0 Å². The number of amides is 4. The topological polar surface area (TPSA) is 136 Å². The molecule has 1 N–H and O–H groups in total. The van der Waals surface area contributed by atoms with Gasteiger partial charge in [0.1, 0.15) is 11.4 Å². The second-order valence-electron chi connectivity index (χ2n) is 7.47. The number of rotatable bonds is 8. The zero-order chi connectivity index (χ0) is 23.6. The Morgan fingerprint density at radius 2 is 1.81 bits per heavy atom. The van der Waals surface area contributed by atoms with E-state index in [1.165, 1.54) is 6.92 Å². The molecule has 2 saturated heterocycles. The Kier molecular flexibility index (Phi) is 6.99. The molecule has 4 amide bonds. The molecule has 2 fully saturated rings. The first-order valence-corrected chi connectivity index (χ1v) is 11.0. The molecule has 1 aromatic carbocycles. The van der Waals surface area contributed by atoms with Crippen LogP contribution in [0.2, 0.25) is 0 Å². The van der Waals surface area contributed by atoms with Crippen LogP contribution in [0.5, 0.6) is 0 Å². The van der Waals surface area contributed by atoms with Gasteiger partial charge in [0, 0.05) is 12.8 Å². The number of esters is 1. The number of β-lactam (4-membered cyclic amide) rings is 1. The first-order valence-electron chi connectivity index (χ1n) is 9.82. The molecule has 170 valence electrons. The third-order valence-electron chi connectivity index (χ3n) is 5.17. The maximum atomic E-state index is 13.3. The number of benzene rings is 1. The summed E-state index contributed by atoms with van der Waals surface area (Å²) in [7, 11) is 1.13. The smallest absolute Gasteiger partial charge is 0.333 e. The van der Waals surface area contributed by atoms with Gasteiger partial charge >= 0.3 is 5.97 Å². The summed E-state index contributed by atoms with van der Waals surface area (Å²) in [5, 5.41) is 1.20. The van der Waals surface area contributed by atoms with Crippen LogP contribution in [0.25, 0.3) is 0 Å². The van der Waals surface area contributed by atoms with Gasteiger partial charge in [0.2, 0.25) is 11.3 Å². The van der Waals surface area contributed by atoms with Crippen LogP contribution in [-0.2, 0) is 46.5 Å². The Morgan fingerprint density at radius 1 is 1.22 bits per heavy atom. The molecule has 4 atom stereocenters. The SMILES string of the molecule is C=C(C)C(C(=O)OC)N1C(=O)C(NC(=O)Cc2ccccc2)C1[S+]([O-])N1C(=O)CCC1=O. The van der Waals surface area contributed by atoms with E-state index in [4.69, 9.17) is 4.74 Å². The van der Waals surface area contributed by atoms with Crippen LogP contribution in [0.4, 0.5) is 0 Å². The number of hydrogen-bond acceptors (Lipinski definition) is 7. The minimum absolute atomic E-state index is 0.0353. The summed E-state index contributed by atoms with van der Waals surface area (Å²) in [4.78, 5) is 63.0. The van der Waals surface area contributed by atoms with Gasteiger partial charge < -0.3 is 14.6 Å². The minimum atomic E-state index is -2.34. The predicted molar refractivity (Wildman–Crippen MR) is 113 cm³/mol. The fourth-order valence-corrected chi connectivity index (χ4v) is 5.28. The summed E-state index contributed by atoms with van der Waals surface area (Å²) in [6, 6.07) is 6.21. The van der Waals surface area contributed by atoms with Crippen LogP contribution in [0.1, 0.15) is 25.3 Å².